The summed E-state index contributed by atoms with van der Waals surface area (Å²) >= 11 is 0. The van der Waals surface area contributed by atoms with E-state index in [0.29, 0.717) is 18.7 Å². The molecule has 136 valence electrons. The van der Waals surface area contributed by atoms with Crippen molar-refractivity contribution >= 4 is 27.4 Å². The summed E-state index contributed by atoms with van der Waals surface area (Å²) in [5, 5.41) is 6.57. The number of hydrogen-bond acceptors (Lipinski definition) is 4. The van der Waals surface area contributed by atoms with Crippen LogP contribution in [-0.2, 0) is 6.54 Å². The summed E-state index contributed by atoms with van der Waals surface area (Å²) in [6.45, 7) is 3.30. The van der Waals surface area contributed by atoms with Gasteiger partial charge in [-0.05, 0) is 41.0 Å². The minimum Gasteiger partial charge on any atom is -0.494 e. The second-order valence-corrected chi connectivity index (χ2v) is 6.48. The molecule has 0 saturated carbocycles. The molecule has 0 unspecified atom stereocenters. The lowest BCUT2D eigenvalue weighted by Crippen LogP contribution is -2.06. The predicted octanol–water partition coefficient (Wildman–Crippen LogP) is 5.35. The fourth-order valence-corrected chi connectivity index (χ4v) is 3.27. The fraction of sp³-hybridized carbons (Fsp3) is 0.174. The van der Waals surface area contributed by atoms with Gasteiger partial charge < -0.3 is 14.5 Å². The zero-order chi connectivity index (χ0) is 18.6. The number of anilines is 1. The summed E-state index contributed by atoms with van der Waals surface area (Å²) in [7, 11) is 0. The molecule has 0 bridgehead atoms. The molecule has 0 fully saturated rings. The average molecular weight is 359 g/mol. The van der Waals surface area contributed by atoms with Gasteiger partial charge in [-0.15, -0.1) is 0 Å². The van der Waals surface area contributed by atoms with E-state index in [2.05, 4.69) is 24.4 Å². The van der Waals surface area contributed by atoms with Gasteiger partial charge in [0.2, 0.25) is 0 Å². The topological polar surface area (TPSA) is 51.5 Å². The van der Waals surface area contributed by atoms with Gasteiger partial charge in [-0.1, -0.05) is 43.3 Å². The number of rotatable bonds is 6. The molecule has 0 aliphatic rings. The van der Waals surface area contributed by atoms with E-state index in [1.807, 2.05) is 48.5 Å². The van der Waals surface area contributed by atoms with Crippen LogP contribution in [0, 0.1) is 0 Å². The lowest BCUT2D eigenvalue weighted by atomic mass is 10.0. The number of fused-ring (bicyclic) bond motifs is 3. The number of benzene rings is 3. The molecule has 4 heteroatoms. The lowest BCUT2D eigenvalue weighted by Gasteiger charge is -2.12. The molecule has 0 saturated heterocycles. The van der Waals surface area contributed by atoms with Gasteiger partial charge in [0.15, 0.2) is 0 Å². The van der Waals surface area contributed by atoms with Crippen LogP contribution in [0.3, 0.4) is 0 Å². The molecule has 0 aliphatic heterocycles. The molecule has 0 amide bonds. The maximum atomic E-state index is 12.0. The highest BCUT2D eigenvalue weighted by molar-refractivity contribution is 6.07. The third-order valence-electron chi connectivity index (χ3n) is 4.50. The summed E-state index contributed by atoms with van der Waals surface area (Å²) < 4.78 is 11.1. The van der Waals surface area contributed by atoms with Crippen molar-refractivity contribution in [2.24, 2.45) is 0 Å². The van der Waals surface area contributed by atoms with Gasteiger partial charge in [-0.2, -0.15) is 0 Å². The third-order valence-corrected chi connectivity index (χ3v) is 4.50. The predicted molar refractivity (Wildman–Crippen MR) is 110 cm³/mol. The van der Waals surface area contributed by atoms with Crippen molar-refractivity contribution in [1.82, 2.24) is 0 Å². The molecule has 4 rings (SSSR count). The van der Waals surface area contributed by atoms with E-state index < -0.39 is 0 Å². The van der Waals surface area contributed by atoms with Crippen LogP contribution < -0.4 is 15.7 Å². The van der Waals surface area contributed by atoms with Gasteiger partial charge in [0, 0.05) is 29.8 Å². The van der Waals surface area contributed by atoms with Crippen LogP contribution in [0.5, 0.6) is 5.75 Å². The second kappa shape index (κ2) is 7.54. The smallest absolute Gasteiger partial charge is 0.336 e. The zero-order valence-corrected chi connectivity index (χ0v) is 15.2. The maximum absolute atomic E-state index is 12.0. The fourth-order valence-electron chi connectivity index (χ4n) is 3.27. The minimum absolute atomic E-state index is 0.338. The standard InChI is InChI=1S/C23H21NO3/c1-2-12-26-19-8-5-7-18(14-19)24-15-17-13-22(25)27-21-11-10-16-6-3-4-9-20(16)23(17)21/h3-11,13-14,24H,2,12,15H2,1H3. The molecule has 4 nitrogen and oxygen atoms in total. The Morgan fingerprint density at radius 2 is 1.89 bits per heavy atom. The van der Waals surface area contributed by atoms with E-state index in [-0.39, 0.29) is 5.63 Å². The van der Waals surface area contributed by atoms with Crippen molar-refractivity contribution in [1.29, 1.82) is 0 Å². The lowest BCUT2D eigenvalue weighted by molar-refractivity contribution is 0.317. The van der Waals surface area contributed by atoms with Crippen LogP contribution in [0.4, 0.5) is 5.69 Å². The summed E-state index contributed by atoms with van der Waals surface area (Å²) in [6, 6.07) is 21.4. The van der Waals surface area contributed by atoms with Crippen LogP contribution in [0.15, 0.2) is 75.9 Å². The van der Waals surface area contributed by atoms with E-state index in [0.717, 1.165) is 39.6 Å². The van der Waals surface area contributed by atoms with Crippen molar-refractivity contribution in [2.75, 3.05) is 11.9 Å². The zero-order valence-electron chi connectivity index (χ0n) is 15.2. The summed E-state index contributed by atoms with van der Waals surface area (Å²) in [6.07, 6.45) is 0.969. The Hall–Kier alpha value is -3.27. The van der Waals surface area contributed by atoms with Crippen LogP contribution in [-0.4, -0.2) is 6.61 Å². The van der Waals surface area contributed by atoms with Crippen molar-refractivity contribution in [3.8, 4) is 5.75 Å². The van der Waals surface area contributed by atoms with Crippen LogP contribution in [0.25, 0.3) is 21.7 Å². The van der Waals surface area contributed by atoms with E-state index in [4.69, 9.17) is 9.15 Å². The highest BCUT2D eigenvalue weighted by atomic mass is 16.5. The molecular weight excluding hydrogens is 338 g/mol. The molecule has 27 heavy (non-hydrogen) atoms. The highest BCUT2D eigenvalue weighted by Gasteiger charge is 2.09. The molecule has 0 radical (unpaired) electrons. The van der Waals surface area contributed by atoms with Crippen molar-refractivity contribution in [3.05, 3.63) is 82.7 Å². The molecule has 4 aromatic rings. The maximum Gasteiger partial charge on any atom is 0.336 e. The SMILES string of the molecule is CCCOc1cccc(NCc2cc(=O)oc3ccc4ccccc4c23)c1. The Bertz CT molecular complexity index is 1150. The molecule has 0 atom stereocenters. The van der Waals surface area contributed by atoms with Crippen LogP contribution in [0.1, 0.15) is 18.9 Å². The monoisotopic (exact) mass is 359 g/mol. The summed E-state index contributed by atoms with van der Waals surface area (Å²) in [5.74, 6) is 0.838. The van der Waals surface area contributed by atoms with Gasteiger partial charge in [-0.3, -0.25) is 0 Å². The number of ether oxygens (including phenoxy) is 1. The van der Waals surface area contributed by atoms with Crippen molar-refractivity contribution in [2.45, 2.75) is 19.9 Å². The van der Waals surface area contributed by atoms with Gasteiger partial charge in [0.1, 0.15) is 11.3 Å². The van der Waals surface area contributed by atoms with Crippen molar-refractivity contribution < 1.29 is 9.15 Å². The average Bonchev–Trinajstić information content (AvgIpc) is 2.70. The van der Waals surface area contributed by atoms with E-state index >= 15 is 0 Å². The normalized spacial score (nSPS) is 11.0. The Labute approximate surface area is 157 Å². The van der Waals surface area contributed by atoms with E-state index in [1.54, 1.807) is 6.07 Å². The Kier molecular flexibility index (Phi) is 4.79. The second-order valence-electron chi connectivity index (χ2n) is 6.48. The van der Waals surface area contributed by atoms with E-state index in [9.17, 15) is 4.79 Å². The summed E-state index contributed by atoms with van der Waals surface area (Å²) in [5.41, 5.74) is 2.14. The molecule has 1 N–H and O–H groups in total. The largest absolute Gasteiger partial charge is 0.494 e. The van der Waals surface area contributed by atoms with Gasteiger partial charge in [0.25, 0.3) is 0 Å². The Morgan fingerprint density at radius 1 is 1.00 bits per heavy atom. The molecule has 1 aromatic heterocycles. The van der Waals surface area contributed by atoms with Crippen LogP contribution in [0.2, 0.25) is 0 Å². The van der Waals surface area contributed by atoms with Crippen molar-refractivity contribution in [3.63, 3.8) is 0 Å². The molecule has 0 spiro atoms. The molecule has 0 aliphatic carbocycles. The molecule has 3 aromatic carbocycles. The van der Waals surface area contributed by atoms with Gasteiger partial charge >= 0.3 is 5.63 Å². The first-order valence-electron chi connectivity index (χ1n) is 9.16. The quantitative estimate of drug-likeness (QED) is 0.372. The van der Waals surface area contributed by atoms with Gasteiger partial charge in [0.05, 0.1) is 6.61 Å². The molecular formula is C23H21NO3. The van der Waals surface area contributed by atoms with Crippen LogP contribution >= 0.6 is 0 Å². The highest BCUT2D eigenvalue weighted by Crippen LogP contribution is 2.28. The number of hydrogen-bond donors (Lipinski definition) is 1. The minimum atomic E-state index is -0.338. The first-order valence-corrected chi connectivity index (χ1v) is 9.16. The number of nitrogens with one attached hydrogen (secondary N) is 1. The van der Waals surface area contributed by atoms with Gasteiger partial charge in [-0.25, -0.2) is 4.79 Å². The Balaban J connectivity index is 1.70. The summed E-state index contributed by atoms with van der Waals surface area (Å²) in [4.78, 5) is 12.0. The van der Waals surface area contributed by atoms with E-state index in [1.165, 1.54) is 0 Å². The Morgan fingerprint density at radius 3 is 2.78 bits per heavy atom. The first-order chi connectivity index (χ1) is 13.2. The molecule has 1 heterocycles. The first kappa shape index (κ1) is 17.2. The third kappa shape index (κ3) is 3.65.